The quantitative estimate of drug-likeness (QED) is 0.440. The molecule has 8 heteroatoms. The second kappa shape index (κ2) is 7.73. The van der Waals surface area contributed by atoms with E-state index < -0.39 is 0 Å². The number of imidazole rings is 1. The number of carbonyl (C=O) groups excluding carboxylic acids is 1. The van der Waals surface area contributed by atoms with E-state index in [9.17, 15) is 4.79 Å². The molecular formula is C21H21N7O. The summed E-state index contributed by atoms with van der Waals surface area (Å²) in [5, 5.41) is 20.2. The van der Waals surface area contributed by atoms with Crippen LogP contribution >= 0.6 is 0 Å². The first-order valence-corrected chi connectivity index (χ1v) is 9.36. The Morgan fingerprint density at radius 2 is 2.07 bits per heavy atom. The van der Waals surface area contributed by atoms with E-state index in [1.165, 1.54) is 0 Å². The van der Waals surface area contributed by atoms with Gasteiger partial charge < -0.3 is 15.2 Å². The Labute approximate surface area is 167 Å². The molecule has 0 radical (unpaired) electrons. The van der Waals surface area contributed by atoms with E-state index in [4.69, 9.17) is 5.26 Å². The maximum Gasteiger partial charge on any atom is 0.251 e. The Bertz CT molecular complexity index is 1230. The molecule has 8 nitrogen and oxygen atoms in total. The average molecular weight is 387 g/mol. The molecule has 3 N–H and O–H groups in total. The van der Waals surface area contributed by atoms with Crippen molar-refractivity contribution in [2.75, 3.05) is 27.2 Å². The molecule has 0 aliphatic heterocycles. The highest BCUT2D eigenvalue weighted by atomic mass is 16.1. The maximum absolute atomic E-state index is 12.5. The lowest BCUT2D eigenvalue weighted by atomic mass is 10.1. The van der Waals surface area contributed by atoms with Gasteiger partial charge in [0.2, 0.25) is 0 Å². The van der Waals surface area contributed by atoms with E-state index >= 15 is 0 Å². The summed E-state index contributed by atoms with van der Waals surface area (Å²) in [4.78, 5) is 22.4. The van der Waals surface area contributed by atoms with Gasteiger partial charge in [0.1, 0.15) is 5.69 Å². The summed E-state index contributed by atoms with van der Waals surface area (Å²) in [7, 11) is 4.02. The summed E-state index contributed by atoms with van der Waals surface area (Å²) in [5.74, 6) is 0.478. The summed E-state index contributed by atoms with van der Waals surface area (Å²) in [6, 6.07) is 12.9. The van der Waals surface area contributed by atoms with Crippen LogP contribution in [-0.2, 0) is 0 Å². The Balaban J connectivity index is 1.62. The van der Waals surface area contributed by atoms with Crippen LogP contribution in [-0.4, -0.2) is 58.2 Å². The lowest BCUT2D eigenvalue weighted by molar-refractivity contribution is 0.0952. The van der Waals surface area contributed by atoms with E-state index in [2.05, 4.69) is 36.5 Å². The molecule has 0 bridgehead atoms. The van der Waals surface area contributed by atoms with Crippen molar-refractivity contribution in [2.45, 2.75) is 6.42 Å². The smallest absolute Gasteiger partial charge is 0.251 e. The van der Waals surface area contributed by atoms with Crippen molar-refractivity contribution in [1.29, 1.82) is 5.26 Å². The normalized spacial score (nSPS) is 11.2. The number of carbonyl (C=O) groups is 1. The third-order valence-electron chi connectivity index (χ3n) is 4.73. The van der Waals surface area contributed by atoms with Crippen LogP contribution in [0.15, 0.2) is 36.4 Å². The van der Waals surface area contributed by atoms with Crippen molar-refractivity contribution in [3.8, 4) is 17.6 Å². The van der Waals surface area contributed by atoms with Crippen LogP contribution in [0.3, 0.4) is 0 Å². The molecule has 4 rings (SSSR count). The first-order chi connectivity index (χ1) is 14.0. The molecule has 1 amide bonds. The van der Waals surface area contributed by atoms with Crippen LogP contribution in [0.2, 0.25) is 0 Å². The molecule has 2 aromatic carbocycles. The number of nitriles is 1. The number of H-pyrrole nitrogens is 2. The summed E-state index contributed by atoms with van der Waals surface area (Å²) in [5.41, 5.74) is 4.12. The number of nitrogens with one attached hydrogen (secondary N) is 3. The summed E-state index contributed by atoms with van der Waals surface area (Å²) >= 11 is 0. The monoisotopic (exact) mass is 387 g/mol. The van der Waals surface area contributed by atoms with Crippen molar-refractivity contribution in [1.82, 2.24) is 30.4 Å². The van der Waals surface area contributed by atoms with Gasteiger partial charge in [-0.05, 0) is 63.5 Å². The summed E-state index contributed by atoms with van der Waals surface area (Å²) in [6.45, 7) is 1.54. The van der Waals surface area contributed by atoms with Gasteiger partial charge in [-0.15, -0.1) is 0 Å². The molecule has 0 fully saturated rings. The summed E-state index contributed by atoms with van der Waals surface area (Å²) < 4.78 is 0. The van der Waals surface area contributed by atoms with Crippen LogP contribution in [0.5, 0.6) is 0 Å². The number of aromatic amines is 2. The van der Waals surface area contributed by atoms with Gasteiger partial charge in [-0.3, -0.25) is 9.89 Å². The Morgan fingerprint density at radius 3 is 2.86 bits per heavy atom. The highest BCUT2D eigenvalue weighted by molar-refractivity contribution is 6.01. The van der Waals surface area contributed by atoms with Crippen molar-refractivity contribution < 1.29 is 4.79 Å². The zero-order valence-corrected chi connectivity index (χ0v) is 16.3. The van der Waals surface area contributed by atoms with E-state index in [0.717, 1.165) is 34.9 Å². The lowest BCUT2D eigenvalue weighted by Crippen LogP contribution is -2.27. The second-order valence-corrected chi connectivity index (χ2v) is 7.17. The van der Waals surface area contributed by atoms with Crippen LogP contribution in [0.4, 0.5) is 0 Å². The minimum atomic E-state index is -0.110. The standard InChI is InChI=1S/C21H21N7O/c1-28(2)9-3-8-23-21(29)14-5-7-16-15(11-14)19(27-26-16)20-24-17-6-4-13(12-22)10-18(17)25-20/h4-7,10-11H,3,8-9H2,1-2H3,(H,23,29)(H,24,25)(H,26,27). The zero-order valence-electron chi connectivity index (χ0n) is 16.3. The molecule has 0 spiro atoms. The fourth-order valence-electron chi connectivity index (χ4n) is 3.23. The molecule has 2 heterocycles. The second-order valence-electron chi connectivity index (χ2n) is 7.17. The molecule has 0 unspecified atom stereocenters. The molecule has 0 aliphatic rings. The van der Waals surface area contributed by atoms with Crippen molar-refractivity contribution in [2.24, 2.45) is 0 Å². The summed E-state index contributed by atoms with van der Waals surface area (Å²) in [6.07, 6.45) is 0.890. The van der Waals surface area contributed by atoms with E-state index in [1.807, 2.05) is 26.2 Å². The Kier molecular flexibility index (Phi) is 4.97. The molecule has 2 aromatic heterocycles. The number of amides is 1. The first kappa shape index (κ1) is 18.7. The van der Waals surface area contributed by atoms with Gasteiger partial charge in [-0.2, -0.15) is 10.4 Å². The topological polar surface area (TPSA) is 113 Å². The maximum atomic E-state index is 12.5. The van der Waals surface area contributed by atoms with E-state index in [1.54, 1.807) is 24.3 Å². The predicted octanol–water partition coefficient (Wildman–Crippen LogP) is 2.66. The van der Waals surface area contributed by atoms with Crippen molar-refractivity contribution in [3.05, 3.63) is 47.5 Å². The van der Waals surface area contributed by atoms with Gasteiger partial charge >= 0.3 is 0 Å². The van der Waals surface area contributed by atoms with Gasteiger partial charge in [-0.1, -0.05) is 0 Å². The predicted molar refractivity (Wildman–Crippen MR) is 111 cm³/mol. The number of fused-ring (bicyclic) bond motifs is 2. The highest BCUT2D eigenvalue weighted by Crippen LogP contribution is 2.27. The molecule has 4 aromatic rings. The van der Waals surface area contributed by atoms with Crippen LogP contribution in [0.1, 0.15) is 22.3 Å². The van der Waals surface area contributed by atoms with E-state index in [-0.39, 0.29) is 5.91 Å². The minimum Gasteiger partial charge on any atom is -0.352 e. The van der Waals surface area contributed by atoms with E-state index in [0.29, 0.717) is 29.2 Å². The Hall–Kier alpha value is -3.70. The number of aromatic nitrogens is 4. The molecule has 146 valence electrons. The van der Waals surface area contributed by atoms with Crippen LogP contribution < -0.4 is 5.32 Å². The minimum absolute atomic E-state index is 0.110. The zero-order chi connectivity index (χ0) is 20.4. The van der Waals surface area contributed by atoms with Crippen LogP contribution in [0.25, 0.3) is 33.5 Å². The lowest BCUT2D eigenvalue weighted by Gasteiger charge is -2.10. The largest absolute Gasteiger partial charge is 0.352 e. The van der Waals surface area contributed by atoms with Gasteiger partial charge in [-0.25, -0.2) is 4.98 Å². The number of hydrogen-bond donors (Lipinski definition) is 3. The van der Waals surface area contributed by atoms with Crippen molar-refractivity contribution >= 4 is 27.8 Å². The fourth-order valence-corrected chi connectivity index (χ4v) is 3.23. The molecule has 0 aliphatic carbocycles. The molecule has 0 saturated carbocycles. The molecule has 0 atom stereocenters. The number of nitrogens with zero attached hydrogens (tertiary/aromatic N) is 4. The Morgan fingerprint density at radius 1 is 1.21 bits per heavy atom. The first-order valence-electron chi connectivity index (χ1n) is 9.36. The number of rotatable bonds is 6. The third kappa shape index (κ3) is 3.81. The molecule has 0 saturated heterocycles. The molecular weight excluding hydrogens is 366 g/mol. The van der Waals surface area contributed by atoms with Gasteiger partial charge in [0, 0.05) is 17.5 Å². The SMILES string of the molecule is CN(C)CCCNC(=O)c1ccc2[nH]nc(-c3nc4ccc(C#N)cc4[nH]3)c2c1. The van der Waals surface area contributed by atoms with Gasteiger partial charge in [0.15, 0.2) is 5.82 Å². The average Bonchev–Trinajstić information content (AvgIpc) is 3.33. The molecule has 29 heavy (non-hydrogen) atoms. The van der Waals surface area contributed by atoms with Crippen LogP contribution in [0, 0.1) is 11.3 Å². The van der Waals surface area contributed by atoms with Gasteiger partial charge in [0.05, 0.1) is 28.2 Å². The highest BCUT2D eigenvalue weighted by Gasteiger charge is 2.15. The van der Waals surface area contributed by atoms with Crippen molar-refractivity contribution in [3.63, 3.8) is 0 Å². The fraction of sp³-hybridized carbons (Fsp3) is 0.238. The third-order valence-corrected chi connectivity index (χ3v) is 4.73. The van der Waals surface area contributed by atoms with Gasteiger partial charge in [0.25, 0.3) is 5.91 Å². The number of hydrogen-bond acceptors (Lipinski definition) is 5. The number of benzene rings is 2.